The molecule has 1 saturated carbocycles. The molecule has 5 amide bonds. The van der Waals surface area contributed by atoms with Crippen LogP contribution in [0.4, 0.5) is 4.79 Å². The summed E-state index contributed by atoms with van der Waals surface area (Å²) in [5.74, 6) is -2.63. The predicted molar refractivity (Wildman–Crippen MR) is 101 cm³/mol. The Morgan fingerprint density at radius 2 is 1.69 bits per heavy atom. The smallest absolute Gasteiger partial charge is 0.321 e. The topological polar surface area (TPSA) is 122 Å². The summed E-state index contributed by atoms with van der Waals surface area (Å²) in [4.78, 5) is 61.7. The first kappa shape index (κ1) is 21.0. The fourth-order valence-electron chi connectivity index (χ4n) is 4.11. The average Bonchev–Trinajstić information content (AvgIpc) is 3.27. The molecule has 3 aliphatic rings. The first-order valence-corrected chi connectivity index (χ1v) is 10.2. The summed E-state index contributed by atoms with van der Waals surface area (Å²) in [6.07, 6.45) is 7.38. The van der Waals surface area contributed by atoms with E-state index in [4.69, 9.17) is 4.74 Å². The first-order valence-electron chi connectivity index (χ1n) is 10.2. The van der Waals surface area contributed by atoms with Crippen LogP contribution in [0.25, 0.3) is 0 Å². The zero-order valence-corrected chi connectivity index (χ0v) is 16.5. The Labute approximate surface area is 169 Å². The van der Waals surface area contributed by atoms with Gasteiger partial charge in [0.25, 0.3) is 5.91 Å². The number of urea groups is 1. The second-order valence-corrected chi connectivity index (χ2v) is 7.81. The number of likely N-dealkylation sites (tertiary alicyclic amines) is 1. The monoisotopic (exact) mass is 405 g/mol. The molecule has 0 spiro atoms. The van der Waals surface area contributed by atoms with Gasteiger partial charge in [-0.1, -0.05) is 25.0 Å². The molecule has 0 aromatic heterocycles. The molecule has 2 aliphatic carbocycles. The predicted octanol–water partition coefficient (Wildman–Crippen LogP) is 1.03. The molecule has 29 heavy (non-hydrogen) atoms. The van der Waals surface area contributed by atoms with Gasteiger partial charge in [-0.3, -0.25) is 29.4 Å². The van der Waals surface area contributed by atoms with Gasteiger partial charge in [0.2, 0.25) is 11.8 Å². The third-order valence-electron chi connectivity index (χ3n) is 5.74. The van der Waals surface area contributed by atoms with E-state index in [0.717, 1.165) is 30.6 Å². The SMILES string of the molecule is C[C@H](OC(=O)CCN1C(=O)[C@H]2CC=CC[C@H]2C1=O)C(=O)NC(=O)NC1CCCC1. The number of nitrogens with zero attached hydrogens (tertiary/aromatic N) is 1. The quantitative estimate of drug-likeness (QED) is 0.387. The molecule has 158 valence electrons. The fraction of sp³-hybridized carbons (Fsp3) is 0.650. The Morgan fingerprint density at radius 3 is 2.28 bits per heavy atom. The van der Waals surface area contributed by atoms with Gasteiger partial charge in [0.05, 0.1) is 18.3 Å². The molecular weight excluding hydrogens is 378 g/mol. The molecule has 3 rings (SSSR count). The maximum Gasteiger partial charge on any atom is 0.321 e. The fourth-order valence-corrected chi connectivity index (χ4v) is 4.11. The molecule has 1 saturated heterocycles. The zero-order valence-electron chi connectivity index (χ0n) is 16.5. The van der Waals surface area contributed by atoms with Crippen LogP contribution in [0.3, 0.4) is 0 Å². The maximum absolute atomic E-state index is 12.4. The number of nitrogens with one attached hydrogen (secondary N) is 2. The number of imide groups is 2. The minimum Gasteiger partial charge on any atom is -0.452 e. The summed E-state index contributed by atoms with van der Waals surface area (Å²) in [6, 6.07) is -0.538. The van der Waals surface area contributed by atoms with Crippen molar-refractivity contribution in [3.05, 3.63) is 12.2 Å². The summed E-state index contributed by atoms with van der Waals surface area (Å²) < 4.78 is 5.04. The molecule has 0 aromatic carbocycles. The van der Waals surface area contributed by atoms with E-state index in [9.17, 15) is 24.0 Å². The van der Waals surface area contributed by atoms with Crippen molar-refractivity contribution >= 4 is 29.7 Å². The molecule has 2 fully saturated rings. The van der Waals surface area contributed by atoms with Gasteiger partial charge in [0, 0.05) is 12.6 Å². The average molecular weight is 405 g/mol. The largest absolute Gasteiger partial charge is 0.452 e. The van der Waals surface area contributed by atoms with Crippen LogP contribution in [0.2, 0.25) is 0 Å². The Kier molecular flexibility index (Phi) is 6.66. The van der Waals surface area contributed by atoms with Crippen LogP contribution >= 0.6 is 0 Å². The lowest BCUT2D eigenvalue weighted by Gasteiger charge is -2.17. The second-order valence-electron chi connectivity index (χ2n) is 7.81. The van der Waals surface area contributed by atoms with Crippen molar-refractivity contribution in [2.75, 3.05) is 6.54 Å². The molecule has 1 heterocycles. The van der Waals surface area contributed by atoms with Gasteiger partial charge in [-0.2, -0.15) is 0 Å². The van der Waals surface area contributed by atoms with Crippen LogP contribution in [0.1, 0.15) is 51.9 Å². The molecule has 9 nitrogen and oxygen atoms in total. The summed E-state index contributed by atoms with van der Waals surface area (Å²) in [7, 11) is 0. The van der Waals surface area contributed by atoms with E-state index in [1.807, 2.05) is 12.2 Å². The van der Waals surface area contributed by atoms with E-state index in [2.05, 4.69) is 10.6 Å². The number of allylic oxidation sites excluding steroid dienone is 2. The van der Waals surface area contributed by atoms with E-state index in [1.54, 1.807) is 0 Å². The number of ether oxygens (including phenoxy) is 1. The first-order chi connectivity index (χ1) is 13.9. The zero-order chi connectivity index (χ0) is 21.0. The van der Waals surface area contributed by atoms with Gasteiger partial charge < -0.3 is 10.1 Å². The van der Waals surface area contributed by atoms with Gasteiger partial charge in [0.1, 0.15) is 0 Å². The van der Waals surface area contributed by atoms with Crippen LogP contribution in [0.15, 0.2) is 12.2 Å². The number of hydrogen-bond acceptors (Lipinski definition) is 6. The van der Waals surface area contributed by atoms with E-state index in [1.165, 1.54) is 6.92 Å². The van der Waals surface area contributed by atoms with Gasteiger partial charge >= 0.3 is 12.0 Å². The third-order valence-corrected chi connectivity index (χ3v) is 5.74. The number of carbonyl (C=O) groups is 5. The molecule has 9 heteroatoms. The number of amides is 5. The standard InChI is InChI=1S/C20H27N3O6/c1-12(17(25)22-20(28)21-13-6-2-3-7-13)29-16(24)10-11-23-18(26)14-8-4-5-9-15(14)19(23)27/h4-5,12-15H,2-3,6-11H2,1H3,(H2,21,22,25,28)/t12-,14-,15+/m0/s1. The van der Waals surface area contributed by atoms with E-state index in [0.29, 0.717) is 12.8 Å². The molecule has 0 aromatic rings. The molecule has 1 aliphatic heterocycles. The summed E-state index contributed by atoms with van der Waals surface area (Å²) in [5, 5.41) is 4.88. The highest BCUT2D eigenvalue weighted by Crippen LogP contribution is 2.35. The minimum absolute atomic E-state index is 0.0649. The van der Waals surface area contributed by atoms with Gasteiger partial charge in [-0.25, -0.2) is 4.79 Å². The highest BCUT2D eigenvalue weighted by Gasteiger charge is 2.47. The van der Waals surface area contributed by atoms with Crippen molar-refractivity contribution in [3.8, 4) is 0 Å². The number of carbonyl (C=O) groups excluding carboxylic acids is 5. The second kappa shape index (κ2) is 9.19. The molecular formula is C20H27N3O6. The van der Waals surface area contributed by atoms with Crippen molar-refractivity contribution in [1.29, 1.82) is 0 Å². The normalized spacial score (nSPS) is 24.9. The highest BCUT2D eigenvalue weighted by molar-refractivity contribution is 6.05. The van der Waals surface area contributed by atoms with Crippen LogP contribution in [0, 0.1) is 11.8 Å². The van der Waals surface area contributed by atoms with Crippen LogP contribution < -0.4 is 10.6 Å². The van der Waals surface area contributed by atoms with Crippen molar-refractivity contribution in [1.82, 2.24) is 15.5 Å². The Morgan fingerprint density at radius 1 is 1.10 bits per heavy atom. The lowest BCUT2D eigenvalue weighted by atomic mass is 9.85. The van der Waals surface area contributed by atoms with E-state index >= 15 is 0 Å². The van der Waals surface area contributed by atoms with Crippen molar-refractivity contribution < 1.29 is 28.7 Å². The van der Waals surface area contributed by atoms with E-state index in [-0.39, 0.29) is 42.7 Å². The lowest BCUT2D eigenvalue weighted by Crippen LogP contribution is -2.47. The number of esters is 1. The number of hydrogen-bond donors (Lipinski definition) is 2. The summed E-state index contributed by atoms with van der Waals surface area (Å²) in [5.41, 5.74) is 0. The molecule has 0 radical (unpaired) electrons. The van der Waals surface area contributed by atoms with E-state index < -0.39 is 24.0 Å². The van der Waals surface area contributed by atoms with Crippen molar-refractivity contribution in [2.45, 2.75) is 64.0 Å². The Bertz CT molecular complexity index is 702. The highest BCUT2D eigenvalue weighted by atomic mass is 16.5. The van der Waals surface area contributed by atoms with Gasteiger partial charge in [-0.15, -0.1) is 0 Å². The molecule has 0 bridgehead atoms. The molecule has 0 unspecified atom stereocenters. The molecule has 2 N–H and O–H groups in total. The number of rotatable bonds is 6. The maximum atomic E-state index is 12.4. The van der Waals surface area contributed by atoms with Crippen molar-refractivity contribution in [3.63, 3.8) is 0 Å². The Balaban J connectivity index is 1.40. The lowest BCUT2D eigenvalue weighted by molar-refractivity contribution is -0.155. The van der Waals surface area contributed by atoms with Crippen molar-refractivity contribution in [2.24, 2.45) is 11.8 Å². The van der Waals surface area contributed by atoms with Crippen LogP contribution in [-0.4, -0.2) is 53.3 Å². The van der Waals surface area contributed by atoms with Crippen LogP contribution in [-0.2, 0) is 23.9 Å². The summed E-state index contributed by atoms with van der Waals surface area (Å²) in [6.45, 7) is 1.29. The minimum atomic E-state index is -1.16. The van der Waals surface area contributed by atoms with Gasteiger partial charge in [-0.05, 0) is 32.6 Å². The third kappa shape index (κ3) is 5.02. The summed E-state index contributed by atoms with van der Waals surface area (Å²) >= 11 is 0. The van der Waals surface area contributed by atoms with Gasteiger partial charge in [0.15, 0.2) is 6.10 Å². The Hall–Kier alpha value is -2.71. The van der Waals surface area contributed by atoms with Crippen LogP contribution in [0.5, 0.6) is 0 Å². The molecule has 3 atom stereocenters. The number of fused-ring (bicyclic) bond motifs is 1.